The van der Waals surface area contributed by atoms with E-state index >= 15 is 0 Å². The number of H-pyrrole nitrogens is 1. The minimum Gasteiger partial charge on any atom is -0.467 e. The standard InChI is InChI=1S/C19H16F3N3O3/c1-28-18(27)15(8-12-10-23-14-5-3-2-4-13(12)14)25-17(26)11-6-7-16(24-9-11)19(20,21)22/h2-7,9-10,15,23H,8H2,1H3,(H,25,26). The molecule has 0 radical (unpaired) electrons. The second-order valence-electron chi connectivity index (χ2n) is 6.04. The van der Waals surface area contributed by atoms with Gasteiger partial charge in [-0.3, -0.25) is 9.78 Å². The normalized spacial score (nSPS) is 12.6. The van der Waals surface area contributed by atoms with Gasteiger partial charge in [0.1, 0.15) is 11.7 Å². The van der Waals surface area contributed by atoms with Crippen molar-refractivity contribution in [2.24, 2.45) is 0 Å². The Morgan fingerprint density at radius 3 is 2.61 bits per heavy atom. The molecule has 0 spiro atoms. The van der Waals surface area contributed by atoms with Crippen LogP contribution in [0.4, 0.5) is 13.2 Å². The fourth-order valence-corrected chi connectivity index (χ4v) is 2.79. The summed E-state index contributed by atoms with van der Waals surface area (Å²) in [6.45, 7) is 0. The molecular weight excluding hydrogens is 375 g/mol. The zero-order valence-corrected chi connectivity index (χ0v) is 14.7. The smallest absolute Gasteiger partial charge is 0.433 e. The van der Waals surface area contributed by atoms with Crippen LogP contribution in [-0.4, -0.2) is 35.0 Å². The molecule has 3 aromatic rings. The number of para-hydroxylation sites is 1. The first-order valence-electron chi connectivity index (χ1n) is 8.26. The van der Waals surface area contributed by atoms with Crippen molar-refractivity contribution in [3.63, 3.8) is 0 Å². The second kappa shape index (κ2) is 7.71. The lowest BCUT2D eigenvalue weighted by Gasteiger charge is -2.16. The fraction of sp³-hybridized carbons (Fsp3) is 0.211. The summed E-state index contributed by atoms with van der Waals surface area (Å²) in [6, 6.07) is 8.15. The Bertz CT molecular complexity index is 997. The molecule has 0 fully saturated rings. The van der Waals surface area contributed by atoms with Gasteiger partial charge < -0.3 is 15.0 Å². The number of halogens is 3. The van der Waals surface area contributed by atoms with Crippen LogP contribution in [0.3, 0.4) is 0 Å². The lowest BCUT2D eigenvalue weighted by molar-refractivity contribution is -0.143. The number of carbonyl (C=O) groups excluding carboxylic acids is 2. The largest absolute Gasteiger partial charge is 0.467 e. The van der Waals surface area contributed by atoms with Crippen LogP contribution in [0.1, 0.15) is 21.6 Å². The molecule has 1 atom stereocenters. The summed E-state index contributed by atoms with van der Waals surface area (Å²) in [7, 11) is 1.19. The van der Waals surface area contributed by atoms with E-state index in [0.717, 1.165) is 28.7 Å². The number of aromatic amines is 1. The van der Waals surface area contributed by atoms with Crippen LogP contribution < -0.4 is 5.32 Å². The van der Waals surface area contributed by atoms with Crippen molar-refractivity contribution < 1.29 is 27.5 Å². The van der Waals surface area contributed by atoms with Gasteiger partial charge >= 0.3 is 12.1 Å². The summed E-state index contributed by atoms with van der Waals surface area (Å²) in [6.07, 6.45) is -1.90. The maximum atomic E-state index is 12.6. The van der Waals surface area contributed by atoms with Crippen LogP contribution in [0, 0.1) is 0 Å². The Balaban J connectivity index is 1.79. The third-order valence-corrected chi connectivity index (χ3v) is 4.21. The summed E-state index contributed by atoms with van der Waals surface area (Å²) >= 11 is 0. The Hall–Kier alpha value is -3.36. The van der Waals surface area contributed by atoms with Crippen LogP contribution in [0.15, 0.2) is 48.8 Å². The molecule has 3 rings (SSSR count). The molecule has 0 bridgehead atoms. The number of ether oxygens (including phenoxy) is 1. The van der Waals surface area contributed by atoms with Gasteiger partial charge in [0.2, 0.25) is 0 Å². The van der Waals surface area contributed by atoms with Gasteiger partial charge in [-0.25, -0.2) is 4.79 Å². The minimum absolute atomic E-state index is 0.0965. The number of rotatable bonds is 5. The number of nitrogens with zero attached hydrogens (tertiary/aromatic N) is 1. The summed E-state index contributed by atoms with van der Waals surface area (Å²) < 4.78 is 42.5. The number of fused-ring (bicyclic) bond motifs is 1. The minimum atomic E-state index is -4.60. The predicted molar refractivity (Wildman–Crippen MR) is 94.5 cm³/mol. The summed E-state index contributed by atoms with van der Waals surface area (Å²) in [4.78, 5) is 30.8. The predicted octanol–water partition coefficient (Wildman–Crippen LogP) is 3.10. The highest BCUT2D eigenvalue weighted by Gasteiger charge is 2.32. The molecular formula is C19H16F3N3O3. The number of aromatic nitrogens is 2. The summed E-state index contributed by atoms with van der Waals surface area (Å²) in [5, 5.41) is 3.39. The van der Waals surface area contributed by atoms with Crippen molar-refractivity contribution in [2.75, 3.05) is 7.11 Å². The maximum absolute atomic E-state index is 12.6. The number of benzene rings is 1. The number of nitrogens with one attached hydrogen (secondary N) is 2. The molecule has 1 aromatic carbocycles. The zero-order chi connectivity index (χ0) is 20.3. The van der Waals surface area contributed by atoms with Crippen molar-refractivity contribution in [2.45, 2.75) is 18.6 Å². The topological polar surface area (TPSA) is 84.1 Å². The van der Waals surface area contributed by atoms with Gasteiger partial charge in [0.15, 0.2) is 0 Å². The molecule has 6 nitrogen and oxygen atoms in total. The van der Waals surface area contributed by atoms with Gasteiger partial charge in [0, 0.05) is 29.7 Å². The molecule has 28 heavy (non-hydrogen) atoms. The molecule has 0 aliphatic heterocycles. The van der Waals surface area contributed by atoms with Crippen molar-refractivity contribution in [3.05, 3.63) is 65.6 Å². The lowest BCUT2D eigenvalue weighted by Crippen LogP contribution is -2.43. The maximum Gasteiger partial charge on any atom is 0.433 e. The lowest BCUT2D eigenvalue weighted by atomic mass is 10.0. The third-order valence-electron chi connectivity index (χ3n) is 4.21. The molecule has 0 saturated carbocycles. The Kier molecular flexibility index (Phi) is 5.34. The number of carbonyl (C=O) groups is 2. The average molecular weight is 391 g/mol. The van der Waals surface area contributed by atoms with E-state index < -0.39 is 29.8 Å². The monoisotopic (exact) mass is 391 g/mol. The quantitative estimate of drug-likeness (QED) is 0.655. The van der Waals surface area contributed by atoms with E-state index in [2.05, 4.69) is 15.3 Å². The van der Waals surface area contributed by atoms with Gasteiger partial charge in [-0.1, -0.05) is 18.2 Å². The van der Waals surface area contributed by atoms with Gasteiger partial charge in [0.05, 0.1) is 12.7 Å². The fourth-order valence-electron chi connectivity index (χ4n) is 2.79. The van der Waals surface area contributed by atoms with Crippen LogP contribution in [0.2, 0.25) is 0 Å². The molecule has 2 heterocycles. The molecule has 0 saturated heterocycles. The van der Waals surface area contributed by atoms with Crippen LogP contribution in [0.25, 0.3) is 10.9 Å². The van der Waals surface area contributed by atoms with Gasteiger partial charge in [-0.15, -0.1) is 0 Å². The number of hydrogen-bond acceptors (Lipinski definition) is 4. The van der Waals surface area contributed by atoms with Crippen LogP contribution in [-0.2, 0) is 22.1 Å². The molecule has 146 valence electrons. The number of alkyl halides is 3. The molecule has 9 heteroatoms. The Morgan fingerprint density at radius 1 is 1.21 bits per heavy atom. The number of hydrogen-bond donors (Lipinski definition) is 2. The summed E-state index contributed by atoms with van der Waals surface area (Å²) in [5.74, 6) is -1.39. The van der Waals surface area contributed by atoms with Gasteiger partial charge in [-0.05, 0) is 23.8 Å². The average Bonchev–Trinajstić information content (AvgIpc) is 3.09. The van der Waals surface area contributed by atoms with Gasteiger partial charge in [0.25, 0.3) is 5.91 Å². The van der Waals surface area contributed by atoms with Crippen molar-refractivity contribution in [3.8, 4) is 0 Å². The molecule has 1 amide bonds. The highest BCUT2D eigenvalue weighted by Crippen LogP contribution is 2.27. The molecule has 2 aromatic heterocycles. The number of pyridine rings is 1. The number of esters is 1. The zero-order valence-electron chi connectivity index (χ0n) is 14.7. The van der Waals surface area contributed by atoms with E-state index in [1.807, 2.05) is 24.3 Å². The van der Waals surface area contributed by atoms with E-state index in [4.69, 9.17) is 4.74 Å². The second-order valence-corrected chi connectivity index (χ2v) is 6.04. The highest BCUT2D eigenvalue weighted by atomic mass is 19.4. The first-order chi connectivity index (χ1) is 13.3. The Morgan fingerprint density at radius 2 is 1.96 bits per heavy atom. The van der Waals surface area contributed by atoms with Crippen molar-refractivity contribution >= 4 is 22.8 Å². The molecule has 0 aliphatic carbocycles. The summed E-state index contributed by atoms with van der Waals surface area (Å²) in [5.41, 5.74) is 0.462. The first kappa shape index (κ1) is 19.4. The molecule has 2 N–H and O–H groups in total. The molecule has 1 unspecified atom stereocenters. The van der Waals surface area contributed by atoms with E-state index in [1.165, 1.54) is 7.11 Å². The van der Waals surface area contributed by atoms with Gasteiger partial charge in [-0.2, -0.15) is 13.2 Å². The van der Waals surface area contributed by atoms with Crippen LogP contribution in [0.5, 0.6) is 0 Å². The van der Waals surface area contributed by atoms with Crippen LogP contribution >= 0.6 is 0 Å². The first-order valence-corrected chi connectivity index (χ1v) is 8.26. The Labute approximate surface area is 157 Å². The highest BCUT2D eigenvalue weighted by molar-refractivity contribution is 5.96. The number of methoxy groups -OCH3 is 1. The molecule has 0 aliphatic rings. The van der Waals surface area contributed by atoms with Crippen molar-refractivity contribution in [1.82, 2.24) is 15.3 Å². The SMILES string of the molecule is COC(=O)C(Cc1c[nH]c2ccccc12)NC(=O)c1ccc(C(F)(F)F)nc1. The van der Waals surface area contributed by atoms with E-state index in [9.17, 15) is 22.8 Å². The third kappa shape index (κ3) is 4.13. The van der Waals surface area contributed by atoms with Crippen molar-refractivity contribution in [1.29, 1.82) is 0 Å². The van der Waals surface area contributed by atoms with E-state index in [0.29, 0.717) is 6.07 Å². The van der Waals surface area contributed by atoms with E-state index in [1.54, 1.807) is 6.20 Å². The van der Waals surface area contributed by atoms with E-state index in [-0.39, 0.29) is 12.0 Å². The number of amides is 1.